The van der Waals surface area contributed by atoms with Crippen LogP contribution in [0, 0.1) is 6.92 Å². The quantitative estimate of drug-likeness (QED) is 0.750. The van der Waals surface area contributed by atoms with Gasteiger partial charge in [0.1, 0.15) is 5.82 Å². The minimum atomic E-state index is 0.870. The van der Waals surface area contributed by atoms with Crippen LogP contribution in [-0.2, 0) is 6.54 Å². The van der Waals surface area contributed by atoms with E-state index in [0.29, 0.717) is 0 Å². The molecule has 1 aromatic heterocycles. The van der Waals surface area contributed by atoms with Gasteiger partial charge in [-0.15, -0.1) is 0 Å². The van der Waals surface area contributed by atoms with Crippen LogP contribution in [0.1, 0.15) is 11.1 Å². The molecule has 0 aliphatic rings. The Hall–Kier alpha value is -2.13. The molecule has 1 heterocycles. The maximum Gasteiger partial charge on any atom is 0.138 e. The van der Waals surface area contributed by atoms with Gasteiger partial charge in [0.05, 0.1) is 11.0 Å². The minimum Gasteiger partial charge on any atom is -0.338 e. The smallest absolute Gasteiger partial charge is 0.138 e. The highest BCUT2D eigenvalue weighted by Gasteiger charge is 2.05. The third-order valence-electron chi connectivity index (χ3n) is 3.22. The Kier molecular flexibility index (Phi) is 3.05. The molecule has 3 heteroatoms. The molecule has 3 rings (SSSR count). The molecule has 0 saturated carbocycles. The second-order valence-electron chi connectivity index (χ2n) is 4.84. The summed E-state index contributed by atoms with van der Waals surface area (Å²) in [5.74, 6) is 0.931. The molecule has 0 radical (unpaired) electrons. The first-order chi connectivity index (χ1) is 9.26. The lowest BCUT2D eigenvalue weighted by Crippen LogP contribution is -2.04. The molecule has 3 nitrogen and oxygen atoms in total. The third-order valence-corrected chi connectivity index (χ3v) is 3.22. The van der Waals surface area contributed by atoms with Crippen molar-refractivity contribution in [2.24, 2.45) is 0 Å². The molecule has 0 fully saturated rings. The van der Waals surface area contributed by atoms with E-state index in [9.17, 15) is 0 Å². The molecule has 96 valence electrons. The summed E-state index contributed by atoms with van der Waals surface area (Å²) in [7, 11) is 1.95. The molecule has 2 aromatic carbocycles. The molecule has 0 spiro atoms. The van der Waals surface area contributed by atoms with Gasteiger partial charge in [0.15, 0.2) is 0 Å². The Bertz CT molecular complexity index is 713. The number of hydrogen-bond donors (Lipinski definition) is 2. The fourth-order valence-electron chi connectivity index (χ4n) is 2.30. The van der Waals surface area contributed by atoms with Gasteiger partial charge >= 0.3 is 0 Å². The number of nitrogens with zero attached hydrogens (tertiary/aromatic N) is 1. The molecule has 19 heavy (non-hydrogen) atoms. The van der Waals surface area contributed by atoms with Crippen molar-refractivity contribution >= 4 is 11.0 Å². The number of rotatable bonds is 3. The van der Waals surface area contributed by atoms with Crippen LogP contribution in [0.3, 0.4) is 0 Å². The summed E-state index contributed by atoms with van der Waals surface area (Å²) >= 11 is 0. The number of nitrogens with one attached hydrogen (secondary N) is 2. The molecular formula is C16H17N3. The standard InChI is InChI=1S/C16H17N3/c1-11-4-3-5-13(8-11)16-18-14-7-6-12(10-17-2)9-15(14)19-16/h3-9,17H,10H2,1-2H3,(H,18,19). The molecule has 0 bridgehead atoms. The first kappa shape index (κ1) is 11.9. The summed E-state index contributed by atoms with van der Waals surface area (Å²) < 4.78 is 0. The van der Waals surface area contributed by atoms with Crippen molar-refractivity contribution in [3.8, 4) is 11.4 Å². The van der Waals surface area contributed by atoms with Crippen molar-refractivity contribution in [1.29, 1.82) is 0 Å². The average Bonchev–Trinajstić information content (AvgIpc) is 2.82. The zero-order chi connectivity index (χ0) is 13.2. The van der Waals surface area contributed by atoms with Crippen molar-refractivity contribution in [1.82, 2.24) is 15.3 Å². The number of H-pyrrole nitrogens is 1. The monoisotopic (exact) mass is 251 g/mol. The van der Waals surface area contributed by atoms with E-state index in [-0.39, 0.29) is 0 Å². The number of fused-ring (bicyclic) bond motifs is 1. The molecular weight excluding hydrogens is 234 g/mol. The first-order valence-electron chi connectivity index (χ1n) is 6.46. The van der Waals surface area contributed by atoms with E-state index in [1.807, 2.05) is 7.05 Å². The predicted molar refractivity (Wildman–Crippen MR) is 79.0 cm³/mol. The number of aromatic nitrogens is 2. The summed E-state index contributed by atoms with van der Waals surface area (Å²) in [6, 6.07) is 14.7. The van der Waals surface area contributed by atoms with E-state index < -0.39 is 0 Å². The highest BCUT2D eigenvalue weighted by atomic mass is 14.9. The Morgan fingerprint density at radius 2 is 2.05 bits per heavy atom. The van der Waals surface area contributed by atoms with Crippen molar-refractivity contribution in [2.75, 3.05) is 7.05 Å². The maximum atomic E-state index is 4.65. The lowest BCUT2D eigenvalue weighted by atomic mass is 10.1. The summed E-state index contributed by atoms with van der Waals surface area (Å²) in [5, 5.41) is 3.16. The molecule has 0 saturated heterocycles. The van der Waals surface area contributed by atoms with Gasteiger partial charge in [-0.25, -0.2) is 4.98 Å². The van der Waals surface area contributed by atoms with Gasteiger partial charge in [-0.3, -0.25) is 0 Å². The van der Waals surface area contributed by atoms with Crippen molar-refractivity contribution in [3.05, 3.63) is 53.6 Å². The fraction of sp³-hybridized carbons (Fsp3) is 0.188. The van der Waals surface area contributed by atoms with Gasteiger partial charge in [0, 0.05) is 12.1 Å². The number of imidazole rings is 1. The SMILES string of the molecule is CNCc1ccc2nc(-c3cccc(C)c3)[nH]c2c1. The van der Waals surface area contributed by atoms with E-state index in [1.165, 1.54) is 11.1 Å². The number of aromatic amines is 1. The second-order valence-corrected chi connectivity index (χ2v) is 4.84. The normalized spacial score (nSPS) is 11.1. The van der Waals surface area contributed by atoms with E-state index in [0.717, 1.165) is 29.0 Å². The lowest BCUT2D eigenvalue weighted by Gasteiger charge is -1.98. The van der Waals surface area contributed by atoms with E-state index in [2.05, 4.69) is 64.7 Å². The zero-order valence-corrected chi connectivity index (χ0v) is 11.2. The molecule has 0 unspecified atom stereocenters. The number of hydrogen-bond acceptors (Lipinski definition) is 2. The summed E-state index contributed by atoms with van der Waals surface area (Å²) in [5.41, 5.74) is 5.73. The Balaban J connectivity index is 2.06. The minimum absolute atomic E-state index is 0.870. The van der Waals surface area contributed by atoms with Gasteiger partial charge in [-0.2, -0.15) is 0 Å². The van der Waals surface area contributed by atoms with Gasteiger partial charge in [-0.1, -0.05) is 29.8 Å². The van der Waals surface area contributed by atoms with Crippen LogP contribution in [0.4, 0.5) is 0 Å². The average molecular weight is 251 g/mol. The van der Waals surface area contributed by atoms with Crippen LogP contribution in [-0.4, -0.2) is 17.0 Å². The molecule has 3 aromatic rings. The zero-order valence-electron chi connectivity index (χ0n) is 11.2. The van der Waals surface area contributed by atoms with Gasteiger partial charge in [-0.05, 0) is 37.7 Å². The van der Waals surface area contributed by atoms with Gasteiger partial charge in [0.25, 0.3) is 0 Å². The Morgan fingerprint density at radius 3 is 2.84 bits per heavy atom. The Morgan fingerprint density at radius 1 is 1.16 bits per heavy atom. The van der Waals surface area contributed by atoms with E-state index in [1.54, 1.807) is 0 Å². The van der Waals surface area contributed by atoms with Crippen LogP contribution < -0.4 is 5.32 Å². The molecule has 0 aliphatic carbocycles. The molecule has 2 N–H and O–H groups in total. The fourth-order valence-corrected chi connectivity index (χ4v) is 2.30. The molecule has 0 atom stereocenters. The predicted octanol–water partition coefficient (Wildman–Crippen LogP) is 3.26. The third kappa shape index (κ3) is 2.37. The van der Waals surface area contributed by atoms with Crippen LogP contribution >= 0.6 is 0 Å². The van der Waals surface area contributed by atoms with Crippen molar-refractivity contribution in [2.45, 2.75) is 13.5 Å². The highest BCUT2D eigenvalue weighted by molar-refractivity contribution is 5.80. The highest BCUT2D eigenvalue weighted by Crippen LogP contribution is 2.22. The largest absolute Gasteiger partial charge is 0.338 e. The topological polar surface area (TPSA) is 40.7 Å². The second kappa shape index (κ2) is 4.86. The number of benzene rings is 2. The van der Waals surface area contributed by atoms with Crippen LogP contribution in [0.25, 0.3) is 22.4 Å². The van der Waals surface area contributed by atoms with E-state index >= 15 is 0 Å². The first-order valence-corrected chi connectivity index (χ1v) is 6.46. The summed E-state index contributed by atoms with van der Waals surface area (Å²) in [4.78, 5) is 8.05. The van der Waals surface area contributed by atoms with Crippen LogP contribution in [0.5, 0.6) is 0 Å². The maximum absolute atomic E-state index is 4.65. The van der Waals surface area contributed by atoms with Crippen LogP contribution in [0.15, 0.2) is 42.5 Å². The lowest BCUT2D eigenvalue weighted by molar-refractivity contribution is 0.819. The molecule has 0 amide bonds. The summed E-state index contributed by atoms with van der Waals surface area (Å²) in [6.45, 7) is 2.96. The van der Waals surface area contributed by atoms with E-state index in [4.69, 9.17) is 0 Å². The Labute approximate surface area is 112 Å². The van der Waals surface area contributed by atoms with Crippen molar-refractivity contribution < 1.29 is 0 Å². The molecule has 0 aliphatic heterocycles. The summed E-state index contributed by atoms with van der Waals surface area (Å²) in [6.07, 6.45) is 0. The van der Waals surface area contributed by atoms with Crippen LogP contribution in [0.2, 0.25) is 0 Å². The van der Waals surface area contributed by atoms with Gasteiger partial charge in [0.2, 0.25) is 0 Å². The van der Waals surface area contributed by atoms with Crippen molar-refractivity contribution in [3.63, 3.8) is 0 Å². The van der Waals surface area contributed by atoms with Gasteiger partial charge < -0.3 is 10.3 Å². The number of aryl methyl sites for hydroxylation is 1.